The number of rotatable bonds is 9. The third kappa shape index (κ3) is 5.06. The van der Waals surface area contributed by atoms with E-state index in [2.05, 4.69) is 0 Å². The highest BCUT2D eigenvalue weighted by Gasteiger charge is 2.11. The summed E-state index contributed by atoms with van der Waals surface area (Å²) in [4.78, 5) is 0. The normalized spacial score (nSPS) is 10.8. The van der Waals surface area contributed by atoms with Crippen LogP contribution in [0.25, 0.3) is 0 Å². The van der Waals surface area contributed by atoms with E-state index in [4.69, 9.17) is 24.1 Å². The van der Waals surface area contributed by atoms with Crippen LogP contribution >= 0.6 is 0 Å². The number of ether oxygens (including phenoxy) is 4. The van der Waals surface area contributed by atoms with Crippen molar-refractivity contribution < 1.29 is 24.1 Å². The number of aliphatic hydroxyl groups excluding tert-OH is 1. The molecule has 0 amide bonds. The Balaban J connectivity index is 2.64. The fraction of sp³-hybridized carbons (Fsp3) is 0.571. The second-order valence-electron chi connectivity index (χ2n) is 3.79. The van der Waals surface area contributed by atoms with E-state index >= 15 is 0 Å². The highest BCUT2D eigenvalue weighted by atomic mass is 16.7. The van der Waals surface area contributed by atoms with E-state index in [-0.39, 0.29) is 13.2 Å². The Morgan fingerprint density at radius 3 is 2.32 bits per heavy atom. The molecule has 0 saturated carbocycles. The van der Waals surface area contributed by atoms with Crippen molar-refractivity contribution in [1.82, 2.24) is 0 Å². The molecular weight excluding hydrogens is 248 g/mol. The average molecular weight is 270 g/mol. The summed E-state index contributed by atoms with van der Waals surface area (Å²) in [6, 6.07) is 5.29. The molecule has 0 saturated heterocycles. The first kappa shape index (κ1) is 15.8. The topological polar surface area (TPSA) is 57.2 Å². The van der Waals surface area contributed by atoms with Crippen LogP contribution in [-0.2, 0) is 16.1 Å². The van der Waals surface area contributed by atoms with Gasteiger partial charge in [-0.05, 0) is 31.5 Å². The fourth-order valence-electron chi connectivity index (χ4n) is 1.60. The first-order chi connectivity index (χ1) is 9.24. The Hall–Kier alpha value is -1.30. The molecule has 0 aromatic heterocycles. The van der Waals surface area contributed by atoms with E-state index in [1.54, 1.807) is 25.3 Å². The molecular formula is C14H22O5. The van der Waals surface area contributed by atoms with Crippen molar-refractivity contribution in [3.05, 3.63) is 23.8 Å². The molecule has 0 atom stereocenters. The first-order valence-electron chi connectivity index (χ1n) is 6.38. The summed E-state index contributed by atoms with van der Waals surface area (Å²) in [6.07, 6.45) is -0.391. The molecule has 0 aliphatic rings. The summed E-state index contributed by atoms with van der Waals surface area (Å²) in [5.74, 6) is 1.18. The summed E-state index contributed by atoms with van der Waals surface area (Å²) in [5.41, 5.74) is 0.773. The largest absolute Gasteiger partial charge is 0.493 e. The van der Waals surface area contributed by atoms with E-state index in [0.717, 1.165) is 5.56 Å². The standard InChI is InChI=1S/C14H22O5/c1-4-17-14(18-5-2)10-19-12-7-6-11(9-15)8-13(12)16-3/h6-8,14-15H,4-5,9-10H2,1-3H3. The highest BCUT2D eigenvalue weighted by molar-refractivity contribution is 5.42. The average Bonchev–Trinajstić information content (AvgIpc) is 2.45. The van der Waals surface area contributed by atoms with Gasteiger partial charge in [0, 0.05) is 13.2 Å². The fourth-order valence-corrected chi connectivity index (χ4v) is 1.60. The van der Waals surface area contributed by atoms with Crippen LogP contribution < -0.4 is 9.47 Å². The van der Waals surface area contributed by atoms with Gasteiger partial charge >= 0.3 is 0 Å². The number of hydrogen-bond acceptors (Lipinski definition) is 5. The molecule has 1 rings (SSSR count). The molecule has 0 spiro atoms. The van der Waals surface area contributed by atoms with Crippen molar-refractivity contribution in [2.75, 3.05) is 26.9 Å². The Labute approximate surface area is 114 Å². The number of aliphatic hydroxyl groups is 1. The second-order valence-corrected chi connectivity index (χ2v) is 3.79. The van der Waals surface area contributed by atoms with Gasteiger partial charge in [0.2, 0.25) is 0 Å². The molecule has 1 N–H and O–H groups in total. The minimum Gasteiger partial charge on any atom is -0.493 e. The number of methoxy groups -OCH3 is 1. The predicted molar refractivity (Wildman–Crippen MR) is 71.5 cm³/mol. The van der Waals surface area contributed by atoms with Crippen LogP contribution in [0.5, 0.6) is 11.5 Å². The maximum Gasteiger partial charge on any atom is 0.191 e. The number of hydrogen-bond donors (Lipinski definition) is 1. The van der Waals surface area contributed by atoms with Crippen molar-refractivity contribution >= 4 is 0 Å². The van der Waals surface area contributed by atoms with Crippen molar-refractivity contribution in [2.24, 2.45) is 0 Å². The second kappa shape index (κ2) is 8.74. The van der Waals surface area contributed by atoms with Crippen molar-refractivity contribution in [3.63, 3.8) is 0 Å². The van der Waals surface area contributed by atoms with Gasteiger partial charge in [-0.2, -0.15) is 0 Å². The van der Waals surface area contributed by atoms with E-state index in [0.29, 0.717) is 24.7 Å². The van der Waals surface area contributed by atoms with E-state index < -0.39 is 6.29 Å². The molecule has 5 heteroatoms. The lowest BCUT2D eigenvalue weighted by molar-refractivity contribution is -0.152. The maximum atomic E-state index is 9.07. The van der Waals surface area contributed by atoms with Crippen LogP contribution in [0.3, 0.4) is 0 Å². The van der Waals surface area contributed by atoms with Crippen LogP contribution in [0.2, 0.25) is 0 Å². The predicted octanol–water partition coefficient (Wildman–Crippen LogP) is 1.97. The SMILES string of the molecule is CCOC(COc1ccc(CO)cc1OC)OCC. The van der Waals surface area contributed by atoms with Gasteiger partial charge in [0.05, 0.1) is 13.7 Å². The Morgan fingerprint density at radius 1 is 1.11 bits per heavy atom. The van der Waals surface area contributed by atoms with Gasteiger partial charge in [0.1, 0.15) is 6.61 Å². The third-order valence-electron chi connectivity index (χ3n) is 2.49. The summed E-state index contributed by atoms with van der Waals surface area (Å²) >= 11 is 0. The maximum absolute atomic E-state index is 9.07. The van der Waals surface area contributed by atoms with Gasteiger partial charge in [-0.25, -0.2) is 0 Å². The zero-order valence-electron chi connectivity index (χ0n) is 11.7. The summed E-state index contributed by atoms with van der Waals surface area (Å²) < 4.78 is 21.6. The molecule has 0 fully saturated rings. The van der Waals surface area contributed by atoms with Crippen LogP contribution in [-0.4, -0.2) is 38.3 Å². The van der Waals surface area contributed by atoms with Gasteiger partial charge in [-0.15, -0.1) is 0 Å². The van der Waals surface area contributed by atoms with E-state index in [1.807, 2.05) is 13.8 Å². The van der Waals surface area contributed by atoms with Crippen LogP contribution in [0.1, 0.15) is 19.4 Å². The Bertz CT molecular complexity index is 361. The lowest BCUT2D eigenvalue weighted by Crippen LogP contribution is -2.25. The molecule has 1 aromatic carbocycles. The van der Waals surface area contributed by atoms with E-state index in [1.165, 1.54) is 0 Å². The summed E-state index contributed by atoms with van der Waals surface area (Å²) in [6.45, 7) is 5.20. The smallest absolute Gasteiger partial charge is 0.191 e. The van der Waals surface area contributed by atoms with Crippen LogP contribution in [0.15, 0.2) is 18.2 Å². The molecule has 1 aromatic rings. The molecule has 0 radical (unpaired) electrons. The van der Waals surface area contributed by atoms with Gasteiger partial charge in [-0.1, -0.05) is 6.07 Å². The van der Waals surface area contributed by atoms with Crippen molar-refractivity contribution in [1.29, 1.82) is 0 Å². The van der Waals surface area contributed by atoms with Gasteiger partial charge < -0.3 is 24.1 Å². The third-order valence-corrected chi connectivity index (χ3v) is 2.49. The molecule has 0 heterocycles. The molecule has 0 aliphatic heterocycles. The zero-order valence-corrected chi connectivity index (χ0v) is 11.7. The van der Waals surface area contributed by atoms with Gasteiger partial charge in [0.15, 0.2) is 17.8 Å². The Morgan fingerprint density at radius 2 is 1.79 bits per heavy atom. The minimum atomic E-state index is -0.391. The van der Waals surface area contributed by atoms with Crippen molar-refractivity contribution in [2.45, 2.75) is 26.7 Å². The van der Waals surface area contributed by atoms with Crippen LogP contribution in [0.4, 0.5) is 0 Å². The zero-order chi connectivity index (χ0) is 14.1. The number of benzene rings is 1. The Kier molecular flexibility index (Phi) is 7.25. The molecule has 0 bridgehead atoms. The van der Waals surface area contributed by atoms with Crippen molar-refractivity contribution in [3.8, 4) is 11.5 Å². The quantitative estimate of drug-likeness (QED) is 0.695. The van der Waals surface area contributed by atoms with E-state index in [9.17, 15) is 0 Å². The summed E-state index contributed by atoms with van der Waals surface area (Å²) in [7, 11) is 1.56. The monoisotopic (exact) mass is 270 g/mol. The van der Waals surface area contributed by atoms with Gasteiger partial charge in [0.25, 0.3) is 0 Å². The molecule has 0 aliphatic carbocycles. The molecule has 0 unspecified atom stereocenters. The summed E-state index contributed by atoms with van der Waals surface area (Å²) in [5, 5.41) is 9.07. The van der Waals surface area contributed by atoms with Gasteiger partial charge in [-0.3, -0.25) is 0 Å². The minimum absolute atomic E-state index is 0.0306. The van der Waals surface area contributed by atoms with Crippen LogP contribution in [0, 0.1) is 0 Å². The lowest BCUT2D eigenvalue weighted by atomic mass is 10.2. The highest BCUT2D eigenvalue weighted by Crippen LogP contribution is 2.28. The molecule has 19 heavy (non-hydrogen) atoms. The lowest BCUT2D eigenvalue weighted by Gasteiger charge is -2.18. The first-order valence-corrected chi connectivity index (χ1v) is 6.38. The molecule has 5 nitrogen and oxygen atoms in total. The molecule has 108 valence electrons.